The molecule has 1 aliphatic heterocycles. The fraction of sp³-hybridized carbons (Fsp3) is 0.500. The van der Waals surface area contributed by atoms with E-state index in [4.69, 9.17) is 15.2 Å². The van der Waals surface area contributed by atoms with Gasteiger partial charge in [0.1, 0.15) is 5.82 Å². The standard InChI is InChI=1S/C12H15BrFNO2/c13-9-7-10-12(17-6-2-5-16-10)8(11(9)14)3-1-4-15/h7H,1-6,15H2. The van der Waals surface area contributed by atoms with Gasteiger partial charge in [-0.2, -0.15) is 0 Å². The predicted octanol–water partition coefficient (Wildman–Crippen LogP) is 2.64. The number of ether oxygens (including phenoxy) is 2. The Balaban J connectivity index is 2.42. The second-order valence-electron chi connectivity index (χ2n) is 3.92. The number of nitrogens with two attached hydrogens (primary N) is 1. The van der Waals surface area contributed by atoms with Gasteiger partial charge in [0.2, 0.25) is 0 Å². The molecule has 0 bridgehead atoms. The molecule has 2 N–H and O–H groups in total. The van der Waals surface area contributed by atoms with Crippen LogP contribution in [-0.2, 0) is 6.42 Å². The van der Waals surface area contributed by atoms with E-state index >= 15 is 0 Å². The smallest absolute Gasteiger partial charge is 0.167 e. The van der Waals surface area contributed by atoms with Crippen molar-refractivity contribution in [2.24, 2.45) is 5.73 Å². The Hall–Kier alpha value is -0.810. The summed E-state index contributed by atoms with van der Waals surface area (Å²) in [5, 5.41) is 0. The molecule has 0 saturated carbocycles. The molecule has 0 atom stereocenters. The molecule has 0 aromatic heterocycles. The van der Waals surface area contributed by atoms with Crippen LogP contribution in [0.2, 0.25) is 0 Å². The van der Waals surface area contributed by atoms with Gasteiger partial charge >= 0.3 is 0 Å². The predicted molar refractivity (Wildman–Crippen MR) is 67.1 cm³/mol. The molecule has 0 unspecified atom stereocenters. The Labute approximate surface area is 108 Å². The lowest BCUT2D eigenvalue weighted by Crippen LogP contribution is -2.05. The normalized spacial score (nSPS) is 14.5. The first-order valence-electron chi connectivity index (χ1n) is 5.70. The molecule has 0 amide bonds. The summed E-state index contributed by atoms with van der Waals surface area (Å²) in [7, 11) is 0. The van der Waals surface area contributed by atoms with Gasteiger partial charge < -0.3 is 15.2 Å². The van der Waals surface area contributed by atoms with Crippen molar-refractivity contribution in [2.45, 2.75) is 19.3 Å². The second-order valence-corrected chi connectivity index (χ2v) is 4.78. The first kappa shape index (κ1) is 12.6. The highest BCUT2D eigenvalue weighted by molar-refractivity contribution is 9.10. The van der Waals surface area contributed by atoms with Gasteiger partial charge in [-0.1, -0.05) is 0 Å². The van der Waals surface area contributed by atoms with Crippen LogP contribution in [0.1, 0.15) is 18.4 Å². The lowest BCUT2D eigenvalue weighted by molar-refractivity contribution is 0.295. The molecule has 0 saturated heterocycles. The Morgan fingerprint density at radius 2 is 2.12 bits per heavy atom. The maximum absolute atomic E-state index is 14.0. The van der Waals surface area contributed by atoms with E-state index in [0.29, 0.717) is 47.7 Å². The van der Waals surface area contributed by atoms with Gasteiger partial charge in [-0.25, -0.2) is 4.39 Å². The van der Waals surface area contributed by atoms with Crippen molar-refractivity contribution in [1.82, 2.24) is 0 Å². The number of halogens is 2. The van der Waals surface area contributed by atoms with Crippen molar-refractivity contribution in [3.05, 3.63) is 21.9 Å². The SMILES string of the molecule is NCCCc1c(F)c(Br)cc2c1OCCCO2. The largest absolute Gasteiger partial charge is 0.490 e. The van der Waals surface area contributed by atoms with Crippen LogP contribution < -0.4 is 15.2 Å². The summed E-state index contributed by atoms with van der Waals surface area (Å²) in [6, 6.07) is 1.63. The van der Waals surface area contributed by atoms with Crippen LogP contribution in [-0.4, -0.2) is 19.8 Å². The Bertz CT molecular complexity index is 412. The first-order chi connectivity index (χ1) is 8.24. The summed E-state index contributed by atoms with van der Waals surface area (Å²) in [6.07, 6.45) is 2.10. The lowest BCUT2D eigenvalue weighted by atomic mass is 10.1. The van der Waals surface area contributed by atoms with Gasteiger partial charge in [0.05, 0.1) is 17.7 Å². The fourth-order valence-electron chi connectivity index (χ4n) is 1.82. The maximum Gasteiger partial charge on any atom is 0.167 e. The second kappa shape index (κ2) is 5.69. The molecule has 5 heteroatoms. The molecule has 1 aromatic carbocycles. The quantitative estimate of drug-likeness (QED) is 0.933. The summed E-state index contributed by atoms with van der Waals surface area (Å²) in [4.78, 5) is 0. The van der Waals surface area contributed by atoms with Crippen LogP contribution in [0, 0.1) is 5.82 Å². The third-order valence-electron chi connectivity index (χ3n) is 2.65. The van der Waals surface area contributed by atoms with Gasteiger partial charge in [-0.3, -0.25) is 0 Å². The van der Waals surface area contributed by atoms with Crippen molar-refractivity contribution in [3.63, 3.8) is 0 Å². The minimum Gasteiger partial charge on any atom is -0.490 e. The van der Waals surface area contributed by atoms with Crippen molar-refractivity contribution >= 4 is 15.9 Å². The molecule has 1 aromatic rings. The number of hydrogen-bond donors (Lipinski definition) is 1. The van der Waals surface area contributed by atoms with E-state index in [-0.39, 0.29) is 5.82 Å². The van der Waals surface area contributed by atoms with Gasteiger partial charge in [0.25, 0.3) is 0 Å². The average Bonchev–Trinajstić information content (AvgIpc) is 2.55. The zero-order valence-corrected chi connectivity index (χ0v) is 11.1. The Morgan fingerprint density at radius 1 is 1.35 bits per heavy atom. The third-order valence-corrected chi connectivity index (χ3v) is 3.23. The third kappa shape index (κ3) is 2.72. The molecule has 94 valence electrons. The molecular formula is C12H15BrFNO2. The number of hydrogen-bond acceptors (Lipinski definition) is 3. The van der Waals surface area contributed by atoms with Gasteiger partial charge in [0, 0.05) is 18.1 Å². The number of rotatable bonds is 3. The molecule has 0 radical (unpaired) electrons. The molecular weight excluding hydrogens is 289 g/mol. The van der Waals surface area contributed by atoms with Crippen LogP contribution in [0.4, 0.5) is 4.39 Å². The molecule has 2 rings (SSSR count). The van der Waals surface area contributed by atoms with E-state index in [1.165, 1.54) is 0 Å². The van der Waals surface area contributed by atoms with Crippen molar-refractivity contribution in [2.75, 3.05) is 19.8 Å². The Morgan fingerprint density at radius 3 is 2.88 bits per heavy atom. The summed E-state index contributed by atoms with van der Waals surface area (Å²) < 4.78 is 25.6. The molecule has 0 spiro atoms. The van der Waals surface area contributed by atoms with Gasteiger partial charge in [-0.05, 0) is 35.3 Å². The van der Waals surface area contributed by atoms with Crippen LogP contribution in [0.5, 0.6) is 11.5 Å². The molecule has 1 aliphatic rings. The minimum atomic E-state index is -0.275. The van der Waals surface area contributed by atoms with Gasteiger partial charge in [0.15, 0.2) is 11.5 Å². The van der Waals surface area contributed by atoms with E-state index in [1.807, 2.05) is 0 Å². The first-order valence-corrected chi connectivity index (χ1v) is 6.50. The van der Waals surface area contributed by atoms with E-state index in [2.05, 4.69) is 15.9 Å². The zero-order chi connectivity index (χ0) is 12.3. The van der Waals surface area contributed by atoms with Crippen molar-refractivity contribution in [1.29, 1.82) is 0 Å². The van der Waals surface area contributed by atoms with Crippen LogP contribution >= 0.6 is 15.9 Å². The summed E-state index contributed by atoms with van der Waals surface area (Å²) in [6.45, 7) is 1.69. The minimum absolute atomic E-state index is 0.275. The summed E-state index contributed by atoms with van der Waals surface area (Å²) >= 11 is 3.20. The van der Waals surface area contributed by atoms with E-state index in [0.717, 1.165) is 12.8 Å². The highest BCUT2D eigenvalue weighted by Crippen LogP contribution is 2.39. The number of benzene rings is 1. The monoisotopic (exact) mass is 303 g/mol. The topological polar surface area (TPSA) is 44.5 Å². The van der Waals surface area contributed by atoms with Crippen molar-refractivity contribution < 1.29 is 13.9 Å². The fourth-order valence-corrected chi connectivity index (χ4v) is 2.27. The molecule has 0 aliphatic carbocycles. The number of fused-ring (bicyclic) bond motifs is 1. The highest BCUT2D eigenvalue weighted by atomic mass is 79.9. The van der Waals surface area contributed by atoms with Crippen LogP contribution in [0.25, 0.3) is 0 Å². The van der Waals surface area contributed by atoms with Crippen molar-refractivity contribution in [3.8, 4) is 11.5 Å². The zero-order valence-electron chi connectivity index (χ0n) is 9.47. The van der Waals surface area contributed by atoms with E-state index < -0.39 is 0 Å². The molecule has 3 nitrogen and oxygen atoms in total. The molecule has 17 heavy (non-hydrogen) atoms. The highest BCUT2D eigenvalue weighted by Gasteiger charge is 2.21. The summed E-state index contributed by atoms with van der Waals surface area (Å²) in [5.41, 5.74) is 6.02. The lowest BCUT2D eigenvalue weighted by Gasteiger charge is -2.14. The van der Waals surface area contributed by atoms with Crippen LogP contribution in [0.15, 0.2) is 10.5 Å². The average molecular weight is 304 g/mol. The molecule has 1 heterocycles. The summed E-state index contributed by atoms with van der Waals surface area (Å²) in [5.74, 6) is 0.877. The van der Waals surface area contributed by atoms with E-state index in [1.54, 1.807) is 6.07 Å². The Kier molecular flexibility index (Phi) is 4.23. The van der Waals surface area contributed by atoms with Gasteiger partial charge in [-0.15, -0.1) is 0 Å². The van der Waals surface area contributed by atoms with E-state index in [9.17, 15) is 4.39 Å². The molecule has 0 fully saturated rings. The van der Waals surface area contributed by atoms with Crippen LogP contribution in [0.3, 0.4) is 0 Å². The maximum atomic E-state index is 14.0.